The molecule has 3 aliphatic heterocycles. The SMILES string of the molecule is CCCCCCCCCCCCCCCCOCC(CN(CCO[C@@H]1O[C@H](CO[C@H]2O[C@H](COC(C)=O)[C@@H](OC(C)=O)[C@H](OC(C)=O)[C@@H]2O[C@@H]2O[C@H](COC(C)=O)[C@@H](OC(C)=O)[C@H](OC(C)=O)[C@H]2NC(C)=O)[C@@H](OC(C)=O)[C@H](OC(C)=O)[C@H]1OC(C)=O)C(=O)OC(C)(C)C)OC(C)=O. The molecule has 0 aromatic carbocycles. The Morgan fingerprint density at radius 2 is 0.806 bits per heavy atom. The zero-order chi connectivity index (χ0) is 73.2. The molecule has 560 valence electrons. The molecular weight excluding hydrogens is 1300 g/mol. The second kappa shape index (κ2) is 44.3. The lowest BCUT2D eigenvalue weighted by atomic mass is 9.94. The summed E-state index contributed by atoms with van der Waals surface area (Å²) in [7, 11) is 0. The van der Waals surface area contributed by atoms with Gasteiger partial charge in [-0.15, -0.1) is 0 Å². The zero-order valence-corrected chi connectivity index (χ0v) is 59.5. The van der Waals surface area contributed by atoms with E-state index in [0.29, 0.717) is 6.61 Å². The summed E-state index contributed by atoms with van der Waals surface area (Å²) >= 11 is 0. The van der Waals surface area contributed by atoms with Gasteiger partial charge in [0.1, 0.15) is 49.3 Å². The number of ether oxygens (including phenoxy) is 18. The van der Waals surface area contributed by atoms with E-state index in [4.69, 9.17) is 85.3 Å². The van der Waals surface area contributed by atoms with Crippen molar-refractivity contribution in [2.75, 3.05) is 52.7 Å². The molecule has 3 rings (SSSR count). The van der Waals surface area contributed by atoms with Gasteiger partial charge in [-0.25, -0.2) is 4.79 Å². The van der Waals surface area contributed by atoms with Crippen molar-refractivity contribution in [3.8, 4) is 0 Å². The van der Waals surface area contributed by atoms with Gasteiger partial charge in [-0.1, -0.05) is 90.4 Å². The van der Waals surface area contributed by atoms with Crippen molar-refractivity contribution in [3.05, 3.63) is 0 Å². The Morgan fingerprint density at radius 3 is 1.23 bits per heavy atom. The zero-order valence-electron chi connectivity index (χ0n) is 59.5. The number of nitrogens with zero attached hydrogens (tertiary/aromatic N) is 1. The maximum absolute atomic E-state index is 14.0. The number of esters is 10. The van der Waals surface area contributed by atoms with Crippen LogP contribution in [0.3, 0.4) is 0 Å². The van der Waals surface area contributed by atoms with Gasteiger partial charge in [0.05, 0.1) is 26.4 Å². The van der Waals surface area contributed by atoms with E-state index >= 15 is 0 Å². The molecule has 16 atom stereocenters. The van der Waals surface area contributed by atoms with Crippen LogP contribution in [0.15, 0.2) is 0 Å². The number of carbonyl (C=O) groups excluding carboxylic acids is 12. The third kappa shape index (κ3) is 32.9. The van der Waals surface area contributed by atoms with Crippen LogP contribution in [0.2, 0.25) is 0 Å². The van der Waals surface area contributed by atoms with Crippen molar-refractivity contribution < 1.29 is 143 Å². The maximum Gasteiger partial charge on any atom is 0.410 e. The van der Waals surface area contributed by atoms with E-state index in [1.54, 1.807) is 20.8 Å². The van der Waals surface area contributed by atoms with Gasteiger partial charge >= 0.3 is 65.8 Å². The molecule has 2 amide bonds. The van der Waals surface area contributed by atoms with Crippen molar-refractivity contribution in [3.63, 3.8) is 0 Å². The van der Waals surface area contributed by atoms with Crippen LogP contribution in [0.5, 0.6) is 0 Å². The first kappa shape index (κ1) is 85.4. The van der Waals surface area contributed by atoms with E-state index in [1.807, 2.05) is 0 Å². The Balaban J connectivity index is 2.11. The molecule has 1 unspecified atom stereocenters. The molecule has 0 spiro atoms. The predicted molar refractivity (Wildman–Crippen MR) is 337 cm³/mol. The third-order valence-electron chi connectivity index (χ3n) is 14.9. The topological polar surface area (TPSA) is 386 Å². The van der Waals surface area contributed by atoms with Gasteiger partial charge in [0, 0.05) is 89.3 Å². The summed E-state index contributed by atoms with van der Waals surface area (Å²) in [5.74, 6) is -10.0. The smallest absolute Gasteiger partial charge is 0.410 e. The lowest BCUT2D eigenvalue weighted by molar-refractivity contribution is -0.364. The Hall–Kier alpha value is -6.84. The minimum Gasteiger partial charge on any atom is -0.463 e. The van der Waals surface area contributed by atoms with Gasteiger partial charge in [0.25, 0.3) is 0 Å². The molecule has 3 saturated heterocycles. The van der Waals surface area contributed by atoms with Gasteiger partial charge < -0.3 is 95.5 Å². The number of amides is 2. The molecule has 98 heavy (non-hydrogen) atoms. The number of carbonyl (C=O) groups is 12. The molecule has 0 saturated carbocycles. The first-order valence-electron chi connectivity index (χ1n) is 33.5. The molecule has 32 nitrogen and oxygen atoms in total. The first-order valence-corrected chi connectivity index (χ1v) is 33.5. The fraction of sp³-hybridized carbons (Fsp3) is 0.818. The van der Waals surface area contributed by atoms with E-state index in [-0.39, 0.29) is 19.7 Å². The van der Waals surface area contributed by atoms with E-state index in [0.717, 1.165) is 101 Å². The van der Waals surface area contributed by atoms with E-state index in [2.05, 4.69) is 12.2 Å². The highest BCUT2D eigenvalue weighted by Crippen LogP contribution is 2.37. The summed E-state index contributed by atoms with van der Waals surface area (Å²) in [6, 6.07) is -1.69. The number of hydrogen-bond donors (Lipinski definition) is 1. The first-order chi connectivity index (χ1) is 46.2. The normalized spacial score (nSPS) is 25.6. The molecule has 3 aliphatic rings. The molecule has 32 heteroatoms. The third-order valence-corrected chi connectivity index (χ3v) is 14.9. The average molecular weight is 1410 g/mol. The van der Waals surface area contributed by atoms with Crippen molar-refractivity contribution in [2.24, 2.45) is 0 Å². The predicted octanol–water partition coefficient (Wildman–Crippen LogP) is 5.40. The van der Waals surface area contributed by atoms with Gasteiger partial charge in [-0.3, -0.25) is 52.7 Å². The van der Waals surface area contributed by atoms with E-state index in [1.165, 1.54) is 69.6 Å². The van der Waals surface area contributed by atoms with Crippen molar-refractivity contribution in [2.45, 2.75) is 298 Å². The van der Waals surface area contributed by atoms with Gasteiger partial charge in [0.15, 0.2) is 67.7 Å². The molecule has 0 aliphatic carbocycles. The Bertz CT molecular complexity index is 2560. The Labute approximate surface area is 573 Å². The molecule has 3 heterocycles. The highest BCUT2D eigenvalue weighted by atomic mass is 16.8. The molecule has 0 bridgehead atoms. The summed E-state index contributed by atoms with van der Waals surface area (Å²) in [6.45, 7) is 15.3. The number of rotatable bonds is 41. The van der Waals surface area contributed by atoms with Crippen LogP contribution in [0.1, 0.15) is 194 Å². The Kier molecular flexibility index (Phi) is 38.6. The number of hydrogen-bond acceptors (Lipinski definition) is 30. The fourth-order valence-corrected chi connectivity index (χ4v) is 11.1. The summed E-state index contributed by atoms with van der Waals surface area (Å²) in [5, 5.41) is 2.54. The minimum atomic E-state index is -2.02. The molecule has 0 aromatic heterocycles. The summed E-state index contributed by atoms with van der Waals surface area (Å²) in [5.41, 5.74) is -1.03. The van der Waals surface area contributed by atoms with Crippen LogP contribution < -0.4 is 5.32 Å². The summed E-state index contributed by atoms with van der Waals surface area (Å²) in [4.78, 5) is 156. The van der Waals surface area contributed by atoms with Crippen LogP contribution in [0.25, 0.3) is 0 Å². The average Bonchev–Trinajstić information content (AvgIpc) is 0.773. The standard InChI is InChI=1S/C66H106N2O30/c1-16-17-18-19-20-21-22-23-24-25-26-27-28-29-31-81-34-49(86-41(5)72)33-68(65(80)98-66(13,14)15)30-32-82-63-60(93-48(12)79)58(91-46(10)77)56(89-44(8)75)52(95-63)37-85-64-61(59(92-47(11)78)55(88-43(7)74)51(96-64)36-84-40(4)71)97-62-53(67-38(2)69)57(90-45(9)76)54(87-42(6)73)50(94-62)35-83-39(3)70/h49-64H,16-37H2,1-15H3,(H,67,69)/t49?,50-,51-,52-,53-,54-,55-,56-,57-,58+,59+,60-,61+,62+,63-,64+/m1/s1. The fourth-order valence-electron chi connectivity index (χ4n) is 11.1. The summed E-state index contributed by atoms with van der Waals surface area (Å²) < 4.78 is 106. The van der Waals surface area contributed by atoms with Crippen LogP contribution in [0.4, 0.5) is 4.79 Å². The second-order valence-corrected chi connectivity index (χ2v) is 25.1. The number of unbranched alkanes of at least 4 members (excludes halogenated alkanes) is 13. The molecule has 0 aromatic rings. The lowest BCUT2D eigenvalue weighted by Crippen LogP contribution is -2.69. The van der Waals surface area contributed by atoms with Crippen molar-refractivity contribution in [1.82, 2.24) is 10.2 Å². The lowest BCUT2D eigenvalue weighted by Gasteiger charge is -2.49. The number of nitrogens with one attached hydrogen (secondary N) is 1. The van der Waals surface area contributed by atoms with Crippen LogP contribution in [-0.2, 0) is 138 Å². The van der Waals surface area contributed by atoms with E-state index in [9.17, 15) is 57.5 Å². The van der Waals surface area contributed by atoms with Gasteiger partial charge in [-0.05, 0) is 27.2 Å². The van der Waals surface area contributed by atoms with Crippen LogP contribution >= 0.6 is 0 Å². The molecule has 3 fully saturated rings. The Morgan fingerprint density at radius 1 is 0.418 bits per heavy atom. The monoisotopic (exact) mass is 1410 g/mol. The molecule has 0 radical (unpaired) electrons. The van der Waals surface area contributed by atoms with Crippen molar-refractivity contribution in [1.29, 1.82) is 0 Å². The quantitative estimate of drug-likeness (QED) is 0.0455. The van der Waals surface area contributed by atoms with Crippen LogP contribution in [0, 0.1) is 0 Å². The maximum atomic E-state index is 14.0. The minimum absolute atomic E-state index is 0.0968. The highest BCUT2D eigenvalue weighted by Gasteiger charge is 2.58. The molecule has 1 N–H and O–H groups in total. The summed E-state index contributed by atoms with van der Waals surface area (Å²) in [6.07, 6.45) is -10.4. The van der Waals surface area contributed by atoms with Crippen LogP contribution in [-0.4, -0.2) is 233 Å². The largest absolute Gasteiger partial charge is 0.463 e. The molecular formula is C66H106N2O30. The van der Waals surface area contributed by atoms with Crippen molar-refractivity contribution >= 4 is 71.7 Å². The van der Waals surface area contributed by atoms with E-state index < -0.39 is 202 Å². The second-order valence-electron chi connectivity index (χ2n) is 25.1. The highest BCUT2D eigenvalue weighted by molar-refractivity contribution is 5.74. The van der Waals surface area contributed by atoms with Gasteiger partial charge in [-0.2, -0.15) is 0 Å². The van der Waals surface area contributed by atoms with Gasteiger partial charge in [0.2, 0.25) is 5.91 Å².